The number of fused-ring (bicyclic) bond motifs is 3. The summed E-state index contributed by atoms with van der Waals surface area (Å²) in [5.41, 5.74) is 3.30. The quantitative estimate of drug-likeness (QED) is 0.505. The summed E-state index contributed by atoms with van der Waals surface area (Å²) in [5.74, 6) is 0.0331. The fourth-order valence-corrected chi connectivity index (χ4v) is 4.17. The Bertz CT molecular complexity index is 1120. The lowest BCUT2D eigenvalue weighted by atomic mass is 9.96. The number of nitrogens with zero attached hydrogens (tertiary/aromatic N) is 2. The Balaban J connectivity index is 1.57. The predicted molar refractivity (Wildman–Crippen MR) is 111 cm³/mol. The molecule has 0 N–H and O–H groups in total. The molecule has 3 aromatic rings. The van der Waals surface area contributed by atoms with E-state index in [0.717, 1.165) is 21.3 Å². The summed E-state index contributed by atoms with van der Waals surface area (Å²) in [4.78, 5) is 13.2. The van der Waals surface area contributed by atoms with Crippen LogP contribution in [0.2, 0.25) is 0 Å². The average Bonchev–Trinajstić information content (AvgIpc) is 3.20. The number of rotatable bonds is 3. The van der Waals surface area contributed by atoms with Crippen molar-refractivity contribution in [2.24, 2.45) is 5.10 Å². The standard InChI is InChI=1S/C23H16BrFN2O2/c24-16-8-11-21-18(12-16)20-13-19(14-4-2-1-3-5-14)26-27(20)23(29-21)22(28)15-6-9-17(25)10-7-15/h1-12,20,23H,13H2/t20-,23-/m0/s1. The van der Waals surface area contributed by atoms with Crippen molar-refractivity contribution >= 4 is 27.4 Å². The van der Waals surface area contributed by atoms with E-state index < -0.39 is 6.23 Å². The van der Waals surface area contributed by atoms with Gasteiger partial charge in [-0.15, -0.1) is 0 Å². The van der Waals surface area contributed by atoms with Crippen LogP contribution in [-0.4, -0.2) is 22.7 Å². The Hall–Kier alpha value is -2.99. The van der Waals surface area contributed by atoms with Crippen LogP contribution in [0.4, 0.5) is 4.39 Å². The van der Waals surface area contributed by atoms with Gasteiger partial charge in [-0.3, -0.25) is 4.79 Å². The number of carbonyl (C=O) groups is 1. The van der Waals surface area contributed by atoms with Crippen LogP contribution in [0.3, 0.4) is 0 Å². The van der Waals surface area contributed by atoms with Crippen molar-refractivity contribution in [2.45, 2.75) is 18.7 Å². The number of carbonyl (C=O) groups excluding carboxylic acids is 1. The van der Waals surface area contributed by atoms with Gasteiger partial charge in [-0.05, 0) is 48.0 Å². The highest BCUT2D eigenvalue weighted by atomic mass is 79.9. The van der Waals surface area contributed by atoms with E-state index >= 15 is 0 Å². The zero-order valence-corrected chi connectivity index (χ0v) is 16.8. The number of ketones is 1. The summed E-state index contributed by atoms with van der Waals surface area (Å²) in [6.07, 6.45) is -0.232. The molecule has 2 heterocycles. The summed E-state index contributed by atoms with van der Waals surface area (Å²) >= 11 is 3.52. The van der Waals surface area contributed by atoms with Gasteiger partial charge < -0.3 is 4.74 Å². The highest BCUT2D eigenvalue weighted by Gasteiger charge is 2.43. The van der Waals surface area contributed by atoms with Crippen molar-refractivity contribution in [3.05, 3.63) is 99.8 Å². The second kappa shape index (κ2) is 7.12. The van der Waals surface area contributed by atoms with E-state index in [1.165, 1.54) is 24.3 Å². The first-order valence-corrected chi connectivity index (χ1v) is 10.1. The first-order chi connectivity index (χ1) is 14.1. The smallest absolute Gasteiger partial charge is 0.251 e. The molecule has 2 aliphatic rings. The first-order valence-electron chi connectivity index (χ1n) is 9.27. The van der Waals surface area contributed by atoms with Crippen molar-refractivity contribution in [2.75, 3.05) is 0 Å². The van der Waals surface area contributed by atoms with Gasteiger partial charge in [0, 0.05) is 22.0 Å². The molecule has 0 bridgehead atoms. The van der Waals surface area contributed by atoms with Crippen LogP contribution in [0.1, 0.15) is 33.9 Å². The van der Waals surface area contributed by atoms with Gasteiger partial charge >= 0.3 is 0 Å². The van der Waals surface area contributed by atoms with Gasteiger partial charge in [0.25, 0.3) is 6.23 Å². The minimum Gasteiger partial charge on any atom is -0.461 e. The summed E-state index contributed by atoms with van der Waals surface area (Å²) in [6, 6.07) is 21.1. The zero-order valence-electron chi connectivity index (χ0n) is 15.3. The molecule has 0 saturated carbocycles. The maximum absolute atomic E-state index is 13.3. The number of halogens is 2. The zero-order chi connectivity index (χ0) is 20.0. The highest BCUT2D eigenvalue weighted by molar-refractivity contribution is 9.10. The normalized spacial score (nSPS) is 19.8. The fourth-order valence-electron chi connectivity index (χ4n) is 3.79. The molecule has 0 saturated heterocycles. The minimum absolute atomic E-state index is 0.110. The SMILES string of the molecule is O=C(c1ccc(F)cc1)[C@@H]1Oc2ccc(Br)cc2[C@@H]2CC(c3ccccc3)=NN12. The Morgan fingerprint density at radius 2 is 1.83 bits per heavy atom. The molecule has 0 unspecified atom stereocenters. The number of benzene rings is 3. The average molecular weight is 451 g/mol. The number of hydrogen-bond acceptors (Lipinski definition) is 4. The minimum atomic E-state index is -0.902. The lowest BCUT2D eigenvalue weighted by molar-refractivity contribution is -0.00459. The summed E-state index contributed by atoms with van der Waals surface area (Å²) in [5, 5.41) is 6.51. The van der Waals surface area contributed by atoms with Gasteiger partial charge in [0.1, 0.15) is 11.6 Å². The largest absolute Gasteiger partial charge is 0.461 e. The molecule has 0 fully saturated rings. The second-order valence-electron chi connectivity index (χ2n) is 7.04. The fraction of sp³-hybridized carbons (Fsp3) is 0.130. The Labute approximate surface area is 175 Å². The molecule has 29 heavy (non-hydrogen) atoms. The van der Waals surface area contributed by atoms with Crippen molar-refractivity contribution < 1.29 is 13.9 Å². The second-order valence-corrected chi connectivity index (χ2v) is 7.95. The van der Waals surface area contributed by atoms with E-state index in [1.54, 1.807) is 5.01 Å². The highest BCUT2D eigenvalue weighted by Crippen LogP contribution is 2.44. The molecule has 0 amide bonds. The number of hydrogen-bond donors (Lipinski definition) is 0. The van der Waals surface area contributed by atoms with Crippen LogP contribution >= 0.6 is 15.9 Å². The number of ether oxygens (including phenoxy) is 1. The van der Waals surface area contributed by atoms with E-state index in [-0.39, 0.29) is 17.6 Å². The molecule has 5 rings (SSSR count). The van der Waals surface area contributed by atoms with Crippen LogP contribution in [0.25, 0.3) is 0 Å². The van der Waals surface area contributed by atoms with Gasteiger partial charge in [0.2, 0.25) is 5.78 Å². The van der Waals surface area contributed by atoms with Crippen LogP contribution in [-0.2, 0) is 0 Å². The topological polar surface area (TPSA) is 41.9 Å². The van der Waals surface area contributed by atoms with Crippen LogP contribution in [0.15, 0.2) is 82.4 Å². The van der Waals surface area contributed by atoms with Crippen molar-refractivity contribution in [1.82, 2.24) is 5.01 Å². The van der Waals surface area contributed by atoms with Crippen LogP contribution in [0.5, 0.6) is 5.75 Å². The lowest BCUT2D eigenvalue weighted by Gasteiger charge is -2.37. The molecule has 144 valence electrons. The van der Waals surface area contributed by atoms with Gasteiger partial charge in [-0.2, -0.15) is 5.10 Å². The summed E-state index contributed by atoms with van der Waals surface area (Å²) < 4.78 is 20.3. The van der Waals surface area contributed by atoms with Crippen molar-refractivity contribution in [3.63, 3.8) is 0 Å². The Morgan fingerprint density at radius 1 is 1.07 bits per heavy atom. The third-order valence-electron chi connectivity index (χ3n) is 5.21. The van der Waals surface area contributed by atoms with E-state index in [4.69, 9.17) is 9.84 Å². The molecule has 2 aliphatic heterocycles. The Morgan fingerprint density at radius 3 is 2.59 bits per heavy atom. The lowest BCUT2D eigenvalue weighted by Crippen LogP contribution is -2.45. The molecule has 0 aromatic heterocycles. The van der Waals surface area contributed by atoms with E-state index in [1.807, 2.05) is 48.5 Å². The predicted octanol–water partition coefficient (Wildman–Crippen LogP) is 5.34. The molecular weight excluding hydrogens is 435 g/mol. The molecule has 0 spiro atoms. The van der Waals surface area contributed by atoms with E-state index in [9.17, 15) is 9.18 Å². The van der Waals surface area contributed by atoms with Crippen molar-refractivity contribution in [3.8, 4) is 5.75 Å². The first kappa shape index (κ1) is 18.1. The maximum Gasteiger partial charge on any atom is 0.251 e. The third-order valence-corrected chi connectivity index (χ3v) is 5.71. The number of hydrazone groups is 1. The summed E-state index contributed by atoms with van der Waals surface area (Å²) in [7, 11) is 0. The molecule has 0 aliphatic carbocycles. The van der Waals surface area contributed by atoms with Gasteiger partial charge in [-0.1, -0.05) is 46.3 Å². The van der Waals surface area contributed by atoms with Crippen LogP contribution in [0, 0.1) is 5.82 Å². The van der Waals surface area contributed by atoms with E-state index in [2.05, 4.69) is 15.9 Å². The van der Waals surface area contributed by atoms with E-state index in [0.29, 0.717) is 17.7 Å². The molecule has 3 aromatic carbocycles. The molecule has 2 atom stereocenters. The van der Waals surface area contributed by atoms with Crippen LogP contribution < -0.4 is 4.74 Å². The van der Waals surface area contributed by atoms with Gasteiger partial charge in [-0.25, -0.2) is 9.40 Å². The van der Waals surface area contributed by atoms with Gasteiger partial charge in [0.15, 0.2) is 0 Å². The molecule has 4 nitrogen and oxygen atoms in total. The van der Waals surface area contributed by atoms with Gasteiger partial charge in [0.05, 0.1) is 11.8 Å². The molecule has 0 radical (unpaired) electrons. The molecule has 6 heteroatoms. The third kappa shape index (κ3) is 3.23. The number of Topliss-reactive ketones (excluding diaryl/α,β-unsaturated/α-hetero) is 1. The van der Waals surface area contributed by atoms with Crippen molar-refractivity contribution in [1.29, 1.82) is 0 Å². The maximum atomic E-state index is 13.3. The monoisotopic (exact) mass is 450 g/mol. The Kier molecular flexibility index (Phi) is 4.43. The molecular formula is C23H16BrFN2O2. The summed E-state index contributed by atoms with van der Waals surface area (Å²) in [6.45, 7) is 0.